The van der Waals surface area contributed by atoms with E-state index in [4.69, 9.17) is 11.6 Å². The van der Waals surface area contributed by atoms with Gasteiger partial charge in [-0.1, -0.05) is 29.8 Å². The van der Waals surface area contributed by atoms with Gasteiger partial charge in [-0.25, -0.2) is 9.48 Å². The number of para-hydroxylation sites is 1. The normalized spacial score (nSPS) is 15.7. The fourth-order valence-electron chi connectivity index (χ4n) is 3.48. The topological polar surface area (TPSA) is 45.8 Å². The van der Waals surface area contributed by atoms with E-state index in [-0.39, 0.29) is 5.69 Å². The molecule has 0 unspecified atom stereocenters. The molecule has 1 aliphatic heterocycles. The molecule has 1 saturated heterocycles. The van der Waals surface area contributed by atoms with Gasteiger partial charge in [0.2, 0.25) is 0 Å². The fraction of sp³-hybridized carbons (Fsp3) is 0.368. The van der Waals surface area contributed by atoms with Crippen LogP contribution in [0.2, 0.25) is 5.02 Å². The molecule has 1 aliphatic rings. The highest BCUT2D eigenvalue weighted by Gasteiger charge is 2.18. The van der Waals surface area contributed by atoms with Crippen LogP contribution in [-0.4, -0.2) is 51.8 Å². The number of halogens is 1. The average molecular weight is 372 g/mol. The molecule has 4 rings (SSSR count). The number of fused-ring (bicyclic) bond motifs is 1. The first-order chi connectivity index (χ1) is 12.7. The van der Waals surface area contributed by atoms with Crippen molar-refractivity contribution in [3.8, 4) is 0 Å². The molecule has 0 N–H and O–H groups in total. The molecular weight excluding hydrogens is 350 g/mol. The van der Waals surface area contributed by atoms with Crippen LogP contribution >= 0.6 is 11.6 Å². The number of hydrogen-bond acceptors (Lipinski definition) is 4. The summed E-state index contributed by atoms with van der Waals surface area (Å²) >= 11 is 6.30. The number of nitrogens with zero attached hydrogens (tertiary/aromatic N) is 5. The minimum atomic E-state index is -0.0656. The van der Waals surface area contributed by atoms with Gasteiger partial charge in [0.1, 0.15) is 0 Å². The largest absolute Gasteiger partial charge is 0.368 e. The molecule has 0 amide bonds. The van der Waals surface area contributed by atoms with Crippen molar-refractivity contribution in [3.05, 3.63) is 64.2 Å². The lowest BCUT2D eigenvalue weighted by molar-refractivity contribution is 0.248. The standard InChI is InChI=1S/C19H22ClN5O/c20-16-6-1-2-7-17(16)23-14-12-22(13-15-23)9-5-11-25-19(26)24-10-4-3-8-18(24)21-25/h1-4,6-8,10H,5,9,11-15H2. The number of hydrogen-bond donors (Lipinski definition) is 0. The van der Waals surface area contributed by atoms with E-state index in [2.05, 4.69) is 21.0 Å². The highest BCUT2D eigenvalue weighted by atomic mass is 35.5. The van der Waals surface area contributed by atoms with Crippen molar-refractivity contribution in [2.45, 2.75) is 13.0 Å². The molecule has 0 saturated carbocycles. The summed E-state index contributed by atoms with van der Waals surface area (Å²) in [6.07, 6.45) is 2.67. The van der Waals surface area contributed by atoms with Gasteiger partial charge in [-0.05, 0) is 30.7 Å². The maximum Gasteiger partial charge on any atom is 0.350 e. The van der Waals surface area contributed by atoms with E-state index >= 15 is 0 Å². The highest BCUT2D eigenvalue weighted by molar-refractivity contribution is 6.33. The van der Waals surface area contributed by atoms with Crippen molar-refractivity contribution in [1.82, 2.24) is 19.1 Å². The van der Waals surface area contributed by atoms with E-state index in [0.29, 0.717) is 12.2 Å². The second kappa shape index (κ2) is 7.51. The third kappa shape index (κ3) is 3.48. The molecule has 3 aromatic rings. The Hall–Kier alpha value is -2.31. The van der Waals surface area contributed by atoms with Crippen molar-refractivity contribution in [1.29, 1.82) is 0 Å². The van der Waals surface area contributed by atoms with Crippen LogP contribution in [-0.2, 0) is 6.54 Å². The molecule has 136 valence electrons. The second-order valence-corrected chi connectivity index (χ2v) is 6.98. The number of benzene rings is 1. The van der Waals surface area contributed by atoms with Gasteiger partial charge in [0.15, 0.2) is 5.65 Å². The third-order valence-electron chi connectivity index (χ3n) is 4.90. The fourth-order valence-corrected chi connectivity index (χ4v) is 3.73. The Bertz CT molecular complexity index is 942. The molecule has 0 bridgehead atoms. The predicted octanol–water partition coefficient (Wildman–Crippen LogP) is 2.36. The van der Waals surface area contributed by atoms with Crippen LogP contribution in [0.4, 0.5) is 5.69 Å². The molecule has 7 heteroatoms. The van der Waals surface area contributed by atoms with Crippen molar-refractivity contribution in [2.75, 3.05) is 37.6 Å². The number of aryl methyl sites for hydroxylation is 1. The first kappa shape index (κ1) is 17.1. The molecule has 1 fully saturated rings. The van der Waals surface area contributed by atoms with E-state index < -0.39 is 0 Å². The zero-order valence-corrected chi connectivity index (χ0v) is 15.3. The molecule has 0 atom stereocenters. The molecule has 0 spiro atoms. The lowest BCUT2D eigenvalue weighted by Crippen LogP contribution is -2.46. The smallest absolute Gasteiger partial charge is 0.350 e. The van der Waals surface area contributed by atoms with E-state index in [1.807, 2.05) is 36.4 Å². The molecule has 0 aliphatic carbocycles. The van der Waals surface area contributed by atoms with Gasteiger partial charge in [0, 0.05) is 45.5 Å². The van der Waals surface area contributed by atoms with Crippen LogP contribution in [0.25, 0.3) is 5.65 Å². The lowest BCUT2D eigenvalue weighted by Gasteiger charge is -2.36. The number of rotatable bonds is 5. The summed E-state index contributed by atoms with van der Waals surface area (Å²) in [5, 5.41) is 5.19. The Morgan fingerprint density at radius 3 is 2.50 bits per heavy atom. The van der Waals surface area contributed by atoms with Gasteiger partial charge in [-0.2, -0.15) is 0 Å². The summed E-state index contributed by atoms with van der Waals surface area (Å²) in [6.45, 7) is 5.56. The van der Waals surface area contributed by atoms with Crippen LogP contribution < -0.4 is 10.6 Å². The Labute approximate surface area is 157 Å². The summed E-state index contributed by atoms with van der Waals surface area (Å²) in [5.41, 5.74) is 1.75. The molecule has 26 heavy (non-hydrogen) atoms. The Balaban J connectivity index is 1.29. The van der Waals surface area contributed by atoms with Crippen LogP contribution in [0.15, 0.2) is 53.5 Å². The summed E-state index contributed by atoms with van der Waals surface area (Å²) in [4.78, 5) is 17.1. The summed E-state index contributed by atoms with van der Waals surface area (Å²) in [5.74, 6) is 0. The Morgan fingerprint density at radius 2 is 1.73 bits per heavy atom. The van der Waals surface area contributed by atoms with Crippen molar-refractivity contribution < 1.29 is 0 Å². The van der Waals surface area contributed by atoms with Gasteiger partial charge in [-0.3, -0.25) is 9.30 Å². The number of pyridine rings is 1. The lowest BCUT2D eigenvalue weighted by atomic mass is 10.2. The van der Waals surface area contributed by atoms with Gasteiger partial charge in [0.25, 0.3) is 0 Å². The number of piperazine rings is 1. The second-order valence-electron chi connectivity index (χ2n) is 6.57. The Morgan fingerprint density at radius 1 is 0.962 bits per heavy atom. The highest BCUT2D eigenvalue weighted by Crippen LogP contribution is 2.25. The van der Waals surface area contributed by atoms with Crippen LogP contribution in [0, 0.1) is 0 Å². The molecule has 2 aromatic heterocycles. The zero-order chi connectivity index (χ0) is 17.9. The van der Waals surface area contributed by atoms with Gasteiger partial charge in [-0.15, -0.1) is 5.10 Å². The zero-order valence-electron chi connectivity index (χ0n) is 14.6. The van der Waals surface area contributed by atoms with Gasteiger partial charge >= 0.3 is 5.69 Å². The van der Waals surface area contributed by atoms with E-state index in [1.165, 1.54) is 0 Å². The van der Waals surface area contributed by atoms with Crippen molar-refractivity contribution >= 4 is 22.9 Å². The third-order valence-corrected chi connectivity index (χ3v) is 5.22. The maximum atomic E-state index is 12.3. The summed E-state index contributed by atoms with van der Waals surface area (Å²) < 4.78 is 3.15. The number of anilines is 1. The predicted molar refractivity (Wildman–Crippen MR) is 104 cm³/mol. The molecule has 3 heterocycles. The van der Waals surface area contributed by atoms with Crippen LogP contribution in [0.5, 0.6) is 0 Å². The SMILES string of the molecule is O=c1n(CCCN2CCN(c3ccccc3Cl)CC2)nc2ccccn12. The van der Waals surface area contributed by atoms with E-state index in [9.17, 15) is 4.79 Å². The molecular formula is C19H22ClN5O. The van der Waals surface area contributed by atoms with Gasteiger partial charge in [0.05, 0.1) is 10.7 Å². The number of aromatic nitrogens is 3. The van der Waals surface area contributed by atoms with Crippen LogP contribution in [0.3, 0.4) is 0 Å². The maximum absolute atomic E-state index is 12.3. The van der Waals surface area contributed by atoms with Crippen LogP contribution in [0.1, 0.15) is 6.42 Å². The first-order valence-corrected chi connectivity index (χ1v) is 9.36. The minimum absolute atomic E-state index is 0.0656. The average Bonchev–Trinajstić information content (AvgIpc) is 2.99. The molecule has 1 aromatic carbocycles. The molecule has 6 nitrogen and oxygen atoms in total. The quantitative estimate of drug-likeness (QED) is 0.690. The first-order valence-electron chi connectivity index (χ1n) is 8.98. The van der Waals surface area contributed by atoms with E-state index in [0.717, 1.165) is 49.9 Å². The van der Waals surface area contributed by atoms with Crippen molar-refractivity contribution in [3.63, 3.8) is 0 Å². The molecule has 0 radical (unpaired) electrons. The van der Waals surface area contributed by atoms with Gasteiger partial charge < -0.3 is 4.90 Å². The minimum Gasteiger partial charge on any atom is -0.368 e. The summed E-state index contributed by atoms with van der Waals surface area (Å²) in [7, 11) is 0. The van der Waals surface area contributed by atoms with E-state index in [1.54, 1.807) is 15.3 Å². The monoisotopic (exact) mass is 371 g/mol. The van der Waals surface area contributed by atoms with Crippen molar-refractivity contribution in [2.24, 2.45) is 0 Å². The Kier molecular flexibility index (Phi) is 4.95. The summed E-state index contributed by atoms with van der Waals surface area (Å²) in [6, 6.07) is 13.6.